The minimum atomic E-state index is -0.928. The molecule has 1 heterocycles. The molecule has 1 atom stereocenters. The minimum Gasteiger partial charge on any atom is -0.449 e. The van der Waals surface area contributed by atoms with Crippen LogP contribution in [0.2, 0.25) is 0 Å². The summed E-state index contributed by atoms with van der Waals surface area (Å²) in [5.41, 5.74) is 1.73. The Labute approximate surface area is 139 Å². The van der Waals surface area contributed by atoms with E-state index >= 15 is 0 Å². The summed E-state index contributed by atoms with van der Waals surface area (Å²) in [6.07, 6.45) is -0.699. The smallest absolute Gasteiger partial charge is 0.338 e. The van der Waals surface area contributed by atoms with Crippen LogP contribution in [0.25, 0.3) is 11.0 Å². The molecule has 0 aliphatic rings. The molecule has 0 radical (unpaired) electrons. The monoisotopic (exact) mass is 329 g/mol. The molecule has 8 nitrogen and oxygen atoms in total. The van der Waals surface area contributed by atoms with Crippen molar-refractivity contribution in [2.75, 3.05) is 13.6 Å². The van der Waals surface area contributed by atoms with Gasteiger partial charge in [0.25, 0.3) is 5.91 Å². The third kappa shape index (κ3) is 3.68. The Morgan fingerprint density at radius 2 is 2.21 bits per heavy atom. The number of benzene rings is 1. The zero-order chi connectivity index (χ0) is 17.7. The van der Waals surface area contributed by atoms with Crippen LogP contribution in [0.4, 0.5) is 0 Å². The number of esters is 1. The van der Waals surface area contributed by atoms with E-state index in [1.54, 1.807) is 29.9 Å². The Balaban J connectivity index is 2.06. The second kappa shape index (κ2) is 7.55. The van der Waals surface area contributed by atoms with Crippen LogP contribution in [0.5, 0.6) is 0 Å². The fourth-order valence-corrected chi connectivity index (χ4v) is 2.25. The molecule has 2 rings (SSSR count). The van der Waals surface area contributed by atoms with Gasteiger partial charge in [-0.25, -0.2) is 9.48 Å². The summed E-state index contributed by atoms with van der Waals surface area (Å²) < 4.78 is 6.94. The number of rotatable bonds is 6. The summed E-state index contributed by atoms with van der Waals surface area (Å²) in [6, 6.07) is 6.93. The normalized spacial score (nSPS) is 11.8. The Bertz CT molecular complexity index is 793. The van der Waals surface area contributed by atoms with E-state index < -0.39 is 12.1 Å². The third-order valence-electron chi connectivity index (χ3n) is 3.62. The summed E-state index contributed by atoms with van der Waals surface area (Å²) in [5, 5.41) is 16.5. The Morgan fingerprint density at radius 3 is 2.88 bits per heavy atom. The molecule has 0 unspecified atom stereocenters. The molecule has 0 aliphatic carbocycles. The first kappa shape index (κ1) is 17.4. The number of aryl methyl sites for hydroxylation is 1. The van der Waals surface area contributed by atoms with Gasteiger partial charge in [-0.15, -0.1) is 5.10 Å². The van der Waals surface area contributed by atoms with E-state index in [-0.39, 0.29) is 12.3 Å². The van der Waals surface area contributed by atoms with Gasteiger partial charge >= 0.3 is 5.97 Å². The molecule has 0 fully saturated rings. The predicted molar refractivity (Wildman–Crippen MR) is 85.9 cm³/mol. The SMILES string of the molecule is CCn1nnc2cc(C(=O)O[C@H](C)C(=O)N(C)CCC#N)ccc21. The third-order valence-corrected chi connectivity index (χ3v) is 3.62. The number of hydrogen-bond donors (Lipinski definition) is 0. The first-order chi connectivity index (χ1) is 11.5. The van der Waals surface area contributed by atoms with E-state index in [0.29, 0.717) is 24.2 Å². The summed E-state index contributed by atoms with van der Waals surface area (Å²) in [6.45, 7) is 4.44. The van der Waals surface area contributed by atoms with Crippen molar-refractivity contribution in [1.29, 1.82) is 5.26 Å². The Morgan fingerprint density at radius 1 is 1.46 bits per heavy atom. The van der Waals surface area contributed by atoms with Gasteiger partial charge in [-0.2, -0.15) is 5.26 Å². The van der Waals surface area contributed by atoms with Crippen LogP contribution in [-0.2, 0) is 16.1 Å². The fraction of sp³-hybridized carbons (Fsp3) is 0.438. The average Bonchev–Trinajstić information content (AvgIpc) is 3.00. The molecule has 8 heteroatoms. The Kier molecular flexibility index (Phi) is 5.47. The second-order valence-electron chi connectivity index (χ2n) is 5.32. The summed E-state index contributed by atoms with van der Waals surface area (Å²) in [4.78, 5) is 25.7. The molecule has 2 aromatic rings. The minimum absolute atomic E-state index is 0.229. The van der Waals surface area contributed by atoms with E-state index in [2.05, 4.69) is 10.3 Å². The van der Waals surface area contributed by atoms with Crippen LogP contribution in [0.3, 0.4) is 0 Å². The number of carbonyl (C=O) groups is 2. The molecule has 24 heavy (non-hydrogen) atoms. The molecule has 0 N–H and O–H groups in total. The highest BCUT2D eigenvalue weighted by atomic mass is 16.5. The van der Waals surface area contributed by atoms with Gasteiger partial charge in [-0.05, 0) is 32.0 Å². The van der Waals surface area contributed by atoms with E-state index in [1.807, 2.05) is 13.0 Å². The number of likely N-dealkylation sites (N-methyl/N-ethyl adjacent to an activating group) is 1. The van der Waals surface area contributed by atoms with Crippen LogP contribution in [-0.4, -0.2) is 51.5 Å². The lowest BCUT2D eigenvalue weighted by atomic mass is 10.2. The fourth-order valence-electron chi connectivity index (χ4n) is 2.25. The molecule has 126 valence electrons. The molecule has 0 saturated carbocycles. The highest BCUT2D eigenvalue weighted by Crippen LogP contribution is 2.15. The molecule has 1 aromatic carbocycles. The van der Waals surface area contributed by atoms with Crippen molar-refractivity contribution in [2.24, 2.45) is 0 Å². The maximum absolute atomic E-state index is 12.2. The predicted octanol–water partition coefficient (Wildman–Crippen LogP) is 1.37. The van der Waals surface area contributed by atoms with Gasteiger partial charge in [0.15, 0.2) is 6.10 Å². The van der Waals surface area contributed by atoms with Gasteiger partial charge < -0.3 is 9.64 Å². The number of aromatic nitrogens is 3. The molecular formula is C16H19N5O3. The van der Waals surface area contributed by atoms with Gasteiger partial charge in [-0.1, -0.05) is 5.21 Å². The zero-order valence-electron chi connectivity index (χ0n) is 13.9. The molecule has 1 amide bonds. The molecule has 0 spiro atoms. The topological polar surface area (TPSA) is 101 Å². The Hall–Kier alpha value is -2.95. The zero-order valence-corrected chi connectivity index (χ0v) is 13.9. The van der Waals surface area contributed by atoms with Crippen LogP contribution < -0.4 is 0 Å². The van der Waals surface area contributed by atoms with Crippen LogP contribution >= 0.6 is 0 Å². The number of carbonyl (C=O) groups excluding carboxylic acids is 2. The molecule has 1 aromatic heterocycles. The first-order valence-corrected chi connectivity index (χ1v) is 7.64. The summed E-state index contributed by atoms with van der Waals surface area (Å²) >= 11 is 0. The standard InChI is InChI=1S/C16H19N5O3/c1-4-21-14-7-6-12(10-13(14)18-19-21)16(23)24-11(2)15(22)20(3)9-5-8-17/h6-7,10-11H,4-5,9H2,1-3H3/t11-/m1/s1. The lowest BCUT2D eigenvalue weighted by molar-refractivity contribution is -0.138. The van der Waals surface area contributed by atoms with Crippen molar-refractivity contribution < 1.29 is 14.3 Å². The maximum Gasteiger partial charge on any atom is 0.338 e. The van der Waals surface area contributed by atoms with Gasteiger partial charge in [0.1, 0.15) is 5.52 Å². The van der Waals surface area contributed by atoms with E-state index in [1.165, 1.54) is 11.8 Å². The number of amides is 1. The maximum atomic E-state index is 12.2. The van der Waals surface area contributed by atoms with E-state index in [9.17, 15) is 9.59 Å². The van der Waals surface area contributed by atoms with Gasteiger partial charge in [-0.3, -0.25) is 4.79 Å². The quantitative estimate of drug-likeness (QED) is 0.742. The average molecular weight is 329 g/mol. The van der Waals surface area contributed by atoms with Crippen molar-refractivity contribution in [3.8, 4) is 6.07 Å². The highest BCUT2D eigenvalue weighted by Gasteiger charge is 2.22. The lowest BCUT2D eigenvalue weighted by Crippen LogP contribution is -2.37. The van der Waals surface area contributed by atoms with Crippen LogP contribution in [0.1, 0.15) is 30.6 Å². The van der Waals surface area contributed by atoms with E-state index in [0.717, 1.165) is 5.52 Å². The molecule has 0 aliphatic heterocycles. The molecule has 0 bridgehead atoms. The van der Waals surface area contributed by atoms with Crippen molar-refractivity contribution in [2.45, 2.75) is 32.9 Å². The largest absolute Gasteiger partial charge is 0.449 e. The molecule has 0 saturated heterocycles. The van der Waals surface area contributed by atoms with Crippen molar-refractivity contribution in [3.63, 3.8) is 0 Å². The second-order valence-corrected chi connectivity index (χ2v) is 5.32. The van der Waals surface area contributed by atoms with Crippen molar-refractivity contribution in [3.05, 3.63) is 23.8 Å². The van der Waals surface area contributed by atoms with Gasteiger partial charge in [0.05, 0.1) is 23.6 Å². The van der Waals surface area contributed by atoms with E-state index in [4.69, 9.17) is 10.00 Å². The summed E-state index contributed by atoms with van der Waals surface area (Å²) in [7, 11) is 1.57. The van der Waals surface area contributed by atoms with Crippen molar-refractivity contribution >= 4 is 22.9 Å². The van der Waals surface area contributed by atoms with Crippen LogP contribution in [0.15, 0.2) is 18.2 Å². The van der Waals surface area contributed by atoms with Crippen molar-refractivity contribution in [1.82, 2.24) is 19.9 Å². The number of ether oxygens (including phenoxy) is 1. The lowest BCUT2D eigenvalue weighted by Gasteiger charge is -2.20. The van der Waals surface area contributed by atoms with Crippen LogP contribution in [0, 0.1) is 11.3 Å². The van der Waals surface area contributed by atoms with Gasteiger partial charge in [0.2, 0.25) is 0 Å². The number of nitrogens with zero attached hydrogens (tertiary/aromatic N) is 5. The van der Waals surface area contributed by atoms with Gasteiger partial charge in [0, 0.05) is 20.1 Å². The number of hydrogen-bond acceptors (Lipinski definition) is 6. The molecular weight excluding hydrogens is 310 g/mol. The first-order valence-electron chi connectivity index (χ1n) is 7.64. The highest BCUT2D eigenvalue weighted by molar-refractivity contribution is 5.95. The number of fused-ring (bicyclic) bond motifs is 1. The summed E-state index contributed by atoms with van der Waals surface area (Å²) in [5.74, 6) is -0.950. The number of nitriles is 1.